The zero-order valence-electron chi connectivity index (χ0n) is 14.8. The summed E-state index contributed by atoms with van der Waals surface area (Å²) in [6.07, 6.45) is 7.39. The second-order valence-electron chi connectivity index (χ2n) is 7.17. The third-order valence-electron chi connectivity index (χ3n) is 4.84. The van der Waals surface area contributed by atoms with Gasteiger partial charge in [0.25, 0.3) is 11.8 Å². The monoisotopic (exact) mass is 332 g/mol. The minimum Gasteiger partial charge on any atom is -0.348 e. The van der Waals surface area contributed by atoms with Crippen molar-refractivity contribution in [1.82, 2.24) is 19.8 Å². The number of aromatic nitrogens is 2. The topological polar surface area (TPSA) is 67.2 Å². The summed E-state index contributed by atoms with van der Waals surface area (Å²) in [5, 5.41) is 2.91. The summed E-state index contributed by atoms with van der Waals surface area (Å²) in [6.45, 7) is 6.25. The zero-order chi connectivity index (χ0) is 17.1. The summed E-state index contributed by atoms with van der Waals surface area (Å²) in [6, 6.07) is 0.0585. The van der Waals surface area contributed by atoms with Crippen LogP contribution < -0.4 is 5.32 Å². The van der Waals surface area contributed by atoms with Gasteiger partial charge in [0.05, 0.1) is 5.69 Å². The Morgan fingerprint density at radius 3 is 2.33 bits per heavy atom. The molecule has 1 aromatic rings. The van der Waals surface area contributed by atoms with E-state index < -0.39 is 0 Å². The molecule has 132 valence electrons. The SMILES string of the molecule is CC(C)NC(=O)c1nc(C(=O)N2CCCCCC2)n2c1CCCC2. The van der Waals surface area contributed by atoms with Crippen molar-refractivity contribution in [2.24, 2.45) is 0 Å². The molecule has 1 saturated heterocycles. The van der Waals surface area contributed by atoms with Gasteiger partial charge >= 0.3 is 0 Å². The van der Waals surface area contributed by atoms with Crippen molar-refractivity contribution >= 4 is 11.8 Å². The molecule has 6 nitrogen and oxygen atoms in total. The molecule has 0 bridgehead atoms. The van der Waals surface area contributed by atoms with E-state index in [9.17, 15) is 9.59 Å². The van der Waals surface area contributed by atoms with Crippen LogP contribution in [0.5, 0.6) is 0 Å². The predicted octanol–water partition coefficient (Wildman–Crippen LogP) is 2.37. The second kappa shape index (κ2) is 7.36. The van der Waals surface area contributed by atoms with E-state index in [1.807, 2.05) is 23.3 Å². The fourth-order valence-electron chi connectivity index (χ4n) is 3.63. The number of hydrogen-bond donors (Lipinski definition) is 1. The zero-order valence-corrected chi connectivity index (χ0v) is 14.8. The Kier molecular flexibility index (Phi) is 5.21. The number of hydrogen-bond acceptors (Lipinski definition) is 3. The number of rotatable bonds is 3. The number of carbonyl (C=O) groups is 2. The van der Waals surface area contributed by atoms with Crippen LogP contribution in [0, 0.1) is 0 Å². The van der Waals surface area contributed by atoms with Gasteiger partial charge in [0.2, 0.25) is 0 Å². The molecular formula is C18H28N4O2. The number of imidazole rings is 1. The lowest BCUT2D eigenvalue weighted by Crippen LogP contribution is -2.34. The summed E-state index contributed by atoms with van der Waals surface area (Å²) in [5.74, 6) is 0.287. The lowest BCUT2D eigenvalue weighted by Gasteiger charge is -2.22. The molecule has 0 saturated carbocycles. The first-order valence-electron chi connectivity index (χ1n) is 9.27. The fourth-order valence-corrected chi connectivity index (χ4v) is 3.63. The fraction of sp³-hybridized carbons (Fsp3) is 0.722. The first-order chi connectivity index (χ1) is 11.6. The molecule has 1 N–H and O–H groups in total. The van der Waals surface area contributed by atoms with Crippen molar-refractivity contribution < 1.29 is 9.59 Å². The highest BCUT2D eigenvalue weighted by molar-refractivity contribution is 5.97. The smallest absolute Gasteiger partial charge is 0.289 e. The van der Waals surface area contributed by atoms with Crippen molar-refractivity contribution in [3.8, 4) is 0 Å². The molecule has 2 aliphatic rings. The molecule has 2 aliphatic heterocycles. The average Bonchev–Trinajstić information content (AvgIpc) is 2.74. The van der Waals surface area contributed by atoms with Gasteiger partial charge in [-0.3, -0.25) is 9.59 Å². The van der Waals surface area contributed by atoms with Crippen LogP contribution in [0.1, 0.15) is 79.2 Å². The van der Waals surface area contributed by atoms with Crippen LogP contribution in [-0.2, 0) is 13.0 Å². The van der Waals surface area contributed by atoms with Crippen molar-refractivity contribution in [3.63, 3.8) is 0 Å². The molecule has 0 aromatic carbocycles. The molecule has 0 unspecified atom stereocenters. The van der Waals surface area contributed by atoms with E-state index in [-0.39, 0.29) is 17.9 Å². The van der Waals surface area contributed by atoms with Crippen LogP contribution in [0.15, 0.2) is 0 Å². The Balaban J connectivity index is 1.91. The van der Waals surface area contributed by atoms with Crippen LogP contribution in [0.25, 0.3) is 0 Å². The number of nitrogens with one attached hydrogen (secondary N) is 1. The summed E-state index contributed by atoms with van der Waals surface area (Å²) in [4.78, 5) is 31.9. The molecule has 2 amide bonds. The Bertz CT molecular complexity index is 613. The first kappa shape index (κ1) is 17.0. The van der Waals surface area contributed by atoms with Crippen LogP contribution >= 0.6 is 0 Å². The molecule has 1 aromatic heterocycles. The molecule has 3 rings (SSSR count). The summed E-state index contributed by atoms with van der Waals surface area (Å²) in [5.41, 5.74) is 1.37. The Labute approximate surface area is 143 Å². The summed E-state index contributed by atoms with van der Waals surface area (Å²) in [7, 11) is 0. The standard InChI is InChI=1S/C18H28N4O2/c1-13(2)19-17(23)15-14-9-5-8-12-22(14)16(20-15)18(24)21-10-6-3-4-7-11-21/h13H,3-12H2,1-2H3,(H,19,23). The van der Waals surface area contributed by atoms with Gasteiger partial charge < -0.3 is 14.8 Å². The van der Waals surface area contributed by atoms with Gasteiger partial charge in [0, 0.05) is 25.7 Å². The van der Waals surface area contributed by atoms with Gasteiger partial charge in [-0.2, -0.15) is 0 Å². The maximum Gasteiger partial charge on any atom is 0.289 e. The van der Waals surface area contributed by atoms with Crippen LogP contribution in [0.3, 0.4) is 0 Å². The number of carbonyl (C=O) groups excluding carboxylic acids is 2. The third kappa shape index (κ3) is 3.47. The Hall–Kier alpha value is -1.85. The maximum absolute atomic E-state index is 13.0. The van der Waals surface area contributed by atoms with E-state index in [0.29, 0.717) is 11.5 Å². The highest BCUT2D eigenvalue weighted by Crippen LogP contribution is 2.23. The highest BCUT2D eigenvalue weighted by atomic mass is 16.2. The van der Waals surface area contributed by atoms with Gasteiger partial charge in [-0.25, -0.2) is 4.98 Å². The van der Waals surface area contributed by atoms with Crippen molar-refractivity contribution in [1.29, 1.82) is 0 Å². The lowest BCUT2D eigenvalue weighted by molar-refractivity contribution is 0.0743. The van der Waals surface area contributed by atoms with E-state index in [1.54, 1.807) is 0 Å². The summed E-state index contributed by atoms with van der Waals surface area (Å²) < 4.78 is 1.99. The number of amides is 2. The first-order valence-corrected chi connectivity index (χ1v) is 9.27. The van der Waals surface area contributed by atoms with Crippen LogP contribution in [-0.4, -0.2) is 45.4 Å². The molecule has 0 radical (unpaired) electrons. The normalized spacial score (nSPS) is 18.2. The molecule has 0 aliphatic carbocycles. The lowest BCUT2D eigenvalue weighted by atomic mass is 10.1. The summed E-state index contributed by atoms with van der Waals surface area (Å²) >= 11 is 0. The van der Waals surface area contributed by atoms with Crippen LogP contribution in [0.2, 0.25) is 0 Å². The average molecular weight is 332 g/mol. The van der Waals surface area contributed by atoms with Crippen molar-refractivity contribution in [3.05, 3.63) is 17.2 Å². The van der Waals surface area contributed by atoms with Gasteiger partial charge in [-0.05, 0) is 46.0 Å². The van der Waals surface area contributed by atoms with E-state index in [2.05, 4.69) is 10.3 Å². The molecule has 1 fully saturated rings. The Morgan fingerprint density at radius 2 is 1.67 bits per heavy atom. The third-order valence-corrected chi connectivity index (χ3v) is 4.84. The Morgan fingerprint density at radius 1 is 1.00 bits per heavy atom. The molecule has 3 heterocycles. The highest BCUT2D eigenvalue weighted by Gasteiger charge is 2.30. The van der Waals surface area contributed by atoms with Gasteiger partial charge in [-0.1, -0.05) is 12.8 Å². The molecule has 0 atom stereocenters. The number of nitrogens with zero attached hydrogens (tertiary/aromatic N) is 3. The predicted molar refractivity (Wildman–Crippen MR) is 92.1 cm³/mol. The van der Waals surface area contributed by atoms with E-state index in [4.69, 9.17) is 0 Å². The largest absolute Gasteiger partial charge is 0.348 e. The van der Waals surface area contributed by atoms with Gasteiger partial charge in [0.15, 0.2) is 5.82 Å². The number of fused-ring (bicyclic) bond motifs is 1. The number of likely N-dealkylation sites (tertiary alicyclic amines) is 1. The minimum atomic E-state index is -0.162. The second-order valence-corrected chi connectivity index (χ2v) is 7.17. The quantitative estimate of drug-likeness (QED) is 0.924. The van der Waals surface area contributed by atoms with Gasteiger partial charge in [0.1, 0.15) is 5.69 Å². The van der Waals surface area contributed by atoms with E-state index in [1.165, 1.54) is 12.8 Å². The van der Waals surface area contributed by atoms with Gasteiger partial charge in [-0.15, -0.1) is 0 Å². The molecule has 0 spiro atoms. The van der Waals surface area contributed by atoms with Crippen molar-refractivity contribution in [2.75, 3.05) is 13.1 Å². The van der Waals surface area contributed by atoms with Crippen molar-refractivity contribution in [2.45, 2.75) is 71.4 Å². The van der Waals surface area contributed by atoms with Crippen LogP contribution in [0.4, 0.5) is 0 Å². The molecule has 24 heavy (non-hydrogen) atoms. The van der Waals surface area contributed by atoms with E-state index >= 15 is 0 Å². The molecule has 6 heteroatoms. The van der Waals surface area contributed by atoms with E-state index in [0.717, 1.165) is 57.4 Å². The minimum absolute atomic E-state index is 0.0105. The molecular weight excluding hydrogens is 304 g/mol. The maximum atomic E-state index is 13.0.